The van der Waals surface area contributed by atoms with Gasteiger partial charge in [-0.2, -0.15) is 0 Å². The molecule has 0 radical (unpaired) electrons. The standard InChI is InChI=1S/2Ca.H4O4Si.Sr.Zn.6H/c;;1-5(2,3)4;;;;;;;;/h;;1-4H;;;;;;;;. The van der Waals surface area contributed by atoms with Crippen LogP contribution in [0.4, 0.5) is 0 Å². The van der Waals surface area contributed by atoms with Gasteiger partial charge in [-0.05, 0) is 0 Å². The Balaban J connectivity index is -0.0000000133. The van der Waals surface area contributed by atoms with Crippen LogP contribution in [0, 0.1) is 0 Å². The van der Waals surface area contributed by atoms with Gasteiger partial charge in [-0.15, -0.1) is 0 Å². The maximum atomic E-state index is 7.33. The average molecular weight is 335 g/mol. The summed E-state index contributed by atoms with van der Waals surface area (Å²) in [5.41, 5.74) is 0. The summed E-state index contributed by atoms with van der Waals surface area (Å²) >= 11 is 0. The molecule has 0 rings (SSSR count). The Morgan fingerprint density at radius 1 is 0.778 bits per heavy atom. The third-order valence-corrected chi connectivity index (χ3v) is 0. The summed E-state index contributed by atoms with van der Waals surface area (Å²) in [5, 5.41) is 0. The van der Waals surface area contributed by atoms with Gasteiger partial charge in [0.25, 0.3) is 0 Å². The first-order chi connectivity index (χ1) is 2.00. The Kier molecular flexibility index (Phi) is 49.2. The van der Waals surface area contributed by atoms with Crippen LogP contribution in [0.2, 0.25) is 0 Å². The van der Waals surface area contributed by atoms with E-state index in [2.05, 4.69) is 0 Å². The molecule has 4 nitrogen and oxygen atoms in total. The molecule has 0 unspecified atom stereocenters. The molecule has 0 fully saturated rings. The van der Waals surface area contributed by atoms with Crippen LogP contribution < -0.4 is 0 Å². The average Bonchev–Trinajstić information content (AvgIpc) is 0.722. The van der Waals surface area contributed by atoms with Gasteiger partial charge in [-0.3, -0.25) is 0 Å². The quantitative estimate of drug-likeness (QED) is 0.333. The normalized spacial score (nSPS) is 6.67. The minimum atomic E-state index is -4.61. The van der Waals surface area contributed by atoms with Crippen molar-refractivity contribution >= 4 is 130 Å². The predicted octanol–water partition coefficient (Wildman–Crippen LogP) is -5.36. The SMILES string of the molecule is O[Si](O)(O)O.[CaH2].[CaH2].[SrH2].[Zn]. The van der Waals surface area contributed by atoms with E-state index in [1.165, 1.54) is 0 Å². The molecule has 0 heterocycles. The van der Waals surface area contributed by atoms with Crippen LogP contribution in [-0.2, 0) is 19.5 Å². The molecule has 46 valence electrons. The molecule has 0 atom stereocenters. The molecule has 9 heavy (non-hydrogen) atoms. The third-order valence-electron chi connectivity index (χ3n) is 0. The van der Waals surface area contributed by atoms with E-state index in [0.29, 0.717) is 0 Å². The zero-order valence-corrected chi connectivity index (χ0v) is 6.96. The topological polar surface area (TPSA) is 80.9 Å². The van der Waals surface area contributed by atoms with E-state index in [9.17, 15) is 0 Å². The largest absolute Gasteiger partial charge is 0 e. The van der Waals surface area contributed by atoms with Crippen molar-refractivity contribution < 1.29 is 38.7 Å². The first-order valence-corrected chi connectivity index (χ1v) is 2.68. The Morgan fingerprint density at radius 2 is 0.778 bits per heavy atom. The molecule has 0 aromatic heterocycles. The summed E-state index contributed by atoms with van der Waals surface area (Å²) < 4.78 is 0. The van der Waals surface area contributed by atoms with Crippen LogP contribution in [0.3, 0.4) is 0 Å². The second-order valence-electron chi connectivity index (χ2n) is 0.600. The molecular formula is H10Ca2O4SiSrZn. The van der Waals surface area contributed by atoms with Gasteiger partial charge in [0.15, 0.2) is 0 Å². The second kappa shape index (κ2) is 15.2. The van der Waals surface area contributed by atoms with Crippen molar-refractivity contribution in [1.29, 1.82) is 0 Å². The Hall–Kier alpha value is 4.68. The first-order valence-electron chi connectivity index (χ1n) is 0.894. The Labute approximate surface area is 164 Å². The number of hydrogen-bond donors (Lipinski definition) is 4. The van der Waals surface area contributed by atoms with Gasteiger partial charge in [0, 0.05) is 19.5 Å². The van der Waals surface area contributed by atoms with Crippen LogP contribution in [0.1, 0.15) is 0 Å². The van der Waals surface area contributed by atoms with Gasteiger partial charge in [-0.1, -0.05) is 0 Å². The molecule has 0 aliphatic heterocycles. The first kappa shape index (κ1) is 29.2. The van der Waals surface area contributed by atoms with E-state index < -0.39 is 9.05 Å². The van der Waals surface area contributed by atoms with E-state index in [0.717, 1.165) is 0 Å². The van der Waals surface area contributed by atoms with Crippen LogP contribution in [0.25, 0.3) is 0 Å². The van der Waals surface area contributed by atoms with Crippen molar-refractivity contribution in [2.24, 2.45) is 0 Å². The van der Waals surface area contributed by atoms with E-state index in [1.807, 2.05) is 0 Å². The van der Waals surface area contributed by atoms with E-state index in [-0.39, 0.29) is 140 Å². The Bertz CT molecular complexity index is 34.0. The fraction of sp³-hybridized carbons (Fsp3) is 0. The maximum absolute atomic E-state index is 7.33. The van der Waals surface area contributed by atoms with Crippen LogP contribution in [0.5, 0.6) is 0 Å². The molecule has 4 N–H and O–H groups in total. The molecule has 0 aromatic rings. The van der Waals surface area contributed by atoms with Gasteiger partial charge in [-0.25, -0.2) is 0 Å². The molecule has 9 heteroatoms. The van der Waals surface area contributed by atoms with Crippen LogP contribution in [-0.4, -0.2) is 149 Å². The predicted molar refractivity (Wildman–Crippen MR) is 40.3 cm³/mol. The molecule has 0 amide bonds. The smallest absolute Gasteiger partial charge is 0 e. The van der Waals surface area contributed by atoms with Gasteiger partial charge in [0.2, 0.25) is 0 Å². The van der Waals surface area contributed by atoms with Gasteiger partial charge in [0.05, 0.1) is 0 Å². The van der Waals surface area contributed by atoms with Crippen molar-refractivity contribution in [3.05, 3.63) is 0 Å². The van der Waals surface area contributed by atoms with Crippen molar-refractivity contribution in [2.75, 3.05) is 0 Å². The molecule has 0 aliphatic rings. The third kappa shape index (κ3) is 66.0. The number of rotatable bonds is 0. The van der Waals surface area contributed by atoms with E-state index in [1.54, 1.807) is 0 Å². The van der Waals surface area contributed by atoms with Gasteiger partial charge < -0.3 is 19.2 Å². The summed E-state index contributed by atoms with van der Waals surface area (Å²) in [7, 11) is -4.61. The summed E-state index contributed by atoms with van der Waals surface area (Å²) in [6, 6.07) is 0. The zero-order chi connectivity index (χ0) is 4.50. The molecule has 0 bridgehead atoms. The second-order valence-corrected chi connectivity index (χ2v) is 1.80. The Morgan fingerprint density at radius 3 is 0.778 bits per heavy atom. The molecular weight excluding hydrogens is 325 g/mol. The van der Waals surface area contributed by atoms with E-state index in [4.69, 9.17) is 19.2 Å². The van der Waals surface area contributed by atoms with Crippen LogP contribution in [0.15, 0.2) is 0 Å². The van der Waals surface area contributed by atoms with Crippen molar-refractivity contribution in [1.82, 2.24) is 0 Å². The minimum Gasteiger partial charge on any atom is 0 e. The van der Waals surface area contributed by atoms with Crippen molar-refractivity contribution in [2.45, 2.75) is 0 Å². The fourth-order valence-electron chi connectivity index (χ4n) is 0. The fourth-order valence-corrected chi connectivity index (χ4v) is 0. The van der Waals surface area contributed by atoms with Crippen molar-refractivity contribution in [3.63, 3.8) is 0 Å². The summed E-state index contributed by atoms with van der Waals surface area (Å²) in [6.45, 7) is 0. The molecule has 0 aromatic carbocycles. The summed E-state index contributed by atoms with van der Waals surface area (Å²) in [5.74, 6) is 0. The number of hydrogen-bond acceptors (Lipinski definition) is 4. The minimum absolute atomic E-state index is 0. The van der Waals surface area contributed by atoms with Crippen molar-refractivity contribution in [3.8, 4) is 0 Å². The zero-order valence-electron chi connectivity index (χ0n) is 3.00. The van der Waals surface area contributed by atoms with Gasteiger partial charge >= 0.3 is 130 Å². The maximum Gasteiger partial charge on any atom is 0 e. The molecule has 0 spiro atoms. The van der Waals surface area contributed by atoms with Gasteiger partial charge in [0.1, 0.15) is 0 Å². The molecule has 0 saturated carbocycles. The van der Waals surface area contributed by atoms with E-state index >= 15 is 0 Å². The summed E-state index contributed by atoms with van der Waals surface area (Å²) in [4.78, 5) is 29.3. The van der Waals surface area contributed by atoms with Crippen LogP contribution >= 0.6 is 0 Å². The monoisotopic (exact) mass is 334 g/mol. The summed E-state index contributed by atoms with van der Waals surface area (Å²) in [6.07, 6.45) is 0. The molecule has 0 aliphatic carbocycles. The molecule has 0 saturated heterocycles.